The Morgan fingerprint density at radius 2 is 1.26 bits per heavy atom. The minimum atomic E-state index is -0.265. The van der Waals surface area contributed by atoms with Crippen molar-refractivity contribution in [1.82, 2.24) is 4.57 Å². The van der Waals surface area contributed by atoms with Gasteiger partial charge in [-0.1, -0.05) is 96.8 Å². The number of unbranched alkanes of at least 4 members (excludes halogenated alkanes) is 14. The van der Waals surface area contributed by atoms with E-state index >= 15 is 0 Å². The fraction of sp³-hybridized carbons (Fsp3) is 0.778. The van der Waals surface area contributed by atoms with Crippen molar-refractivity contribution in [2.45, 2.75) is 123 Å². The van der Waals surface area contributed by atoms with Crippen molar-refractivity contribution in [3.63, 3.8) is 0 Å². The van der Waals surface area contributed by atoms with Crippen LogP contribution in [0.4, 0.5) is 0 Å². The Morgan fingerprint density at radius 3 is 1.74 bits per heavy atom. The lowest BCUT2D eigenvalue weighted by atomic mass is 10.0. The Labute approximate surface area is 191 Å². The standard InChI is InChI=1S/C27H47NO3/c1-4-5-6-7-8-9-10-11-12-13-14-15-16-17-18-19-27(30)26-21-20-25(28(26)3)22-23-31-24(2)29/h20-21H,4-19,22-23H2,1-3H3. The minimum Gasteiger partial charge on any atom is -0.465 e. The van der Waals surface area contributed by atoms with Gasteiger partial charge in [-0.05, 0) is 18.6 Å². The number of hydrogen-bond donors (Lipinski definition) is 0. The number of ether oxygens (including phenoxy) is 1. The number of carbonyl (C=O) groups is 2. The van der Waals surface area contributed by atoms with Crippen molar-refractivity contribution < 1.29 is 14.3 Å². The summed E-state index contributed by atoms with van der Waals surface area (Å²) in [6.45, 7) is 4.05. The number of rotatable bonds is 20. The molecule has 0 radical (unpaired) electrons. The highest BCUT2D eigenvalue weighted by Crippen LogP contribution is 2.16. The predicted molar refractivity (Wildman–Crippen MR) is 130 cm³/mol. The normalized spacial score (nSPS) is 11.1. The van der Waals surface area contributed by atoms with E-state index in [4.69, 9.17) is 4.74 Å². The summed E-state index contributed by atoms with van der Waals surface area (Å²) in [4.78, 5) is 23.4. The van der Waals surface area contributed by atoms with Gasteiger partial charge in [0.05, 0.1) is 12.3 Å². The fourth-order valence-corrected chi connectivity index (χ4v) is 4.17. The van der Waals surface area contributed by atoms with Crippen molar-refractivity contribution in [3.05, 3.63) is 23.5 Å². The third-order valence-corrected chi connectivity index (χ3v) is 6.18. The van der Waals surface area contributed by atoms with E-state index in [0.29, 0.717) is 19.4 Å². The van der Waals surface area contributed by atoms with Crippen LogP contribution < -0.4 is 0 Å². The van der Waals surface area contributed by atoms with Crippen LogP contribution >= 0.6 is 0 Å². The molecule has 178 valence electrons. The number of Topliss-reactive ketones (excluding diaryl/α,β-unsaturated/α-hetero) is 1. The molecule has 1 aromatic rings. The summed E-state index contributed by atoms with van der Waals surface area (Å²) < 4.78 is 6.94. The SMILES string of the molecule is CCCCCCCCCCCCCCCCCC(=O)c1ccc(CCOC(C)=O)n1C. The van der Waals surface area contributed by atoms with Gasteiger partial charge in [0.2, 0.25) is 0 Å². The van der Waals surface area contributed by atoms with Crippen LogP contribution in [-0.2, 0) is 23.0 Å². The molecule has 0 saturated carbocycles. The van der Waals surface area contributed by atoms with E-state index in [1.807, 2.05) is 23.7 Å². The van der Waals surface area contributed by atoms with E-state index in [1.54, 1.807) is 0 Å². The van der Waals surface area contributed by atoms with Gasteiger partial charge in [0.15, 0.2) is 5.78 Å². The van der Waals surface area contributed by atoms with Crippen LogP contribution in [0.1, 0.15) is 133 Å². The molecular formula is C27H47NO3. The molecule has 1 rings (SSSR count). The summed E-state index contributed by atoms with van der Waals surface area (Å²) in [5.41, 5.74) is 1.80. The Hall–Kier alpha value is -1.58. The number of esters is 1. The Bertz CT molecular complexity index is 606. The van der Waals surface area contributed by atoms with Crippen molar-refractivity contribution in [2.24, 2.45) is 7.05 Å². The third kappa shape index (κ3) is 13.4. The van der Waals surface area contributed by atoms with Crippen molar-refractivity contribution in [3.8, 4) is 0 Å². The lowest BCUT2D eigenvalue weighted by Crippen LogP contribution is -2.10. The highest BCUT2D eigenvalue weighted by molar-refractivity contribution is 5.94. The smallest absolute Gasteiger partial charge is 0.302 e. The Kier molecular flexibility index (Phi) is 16.0. The largest absolute Gasteiger partial charge is 0.465 e. The first-order chi connectivity index (χ1) is 15.1. The maximum atomic E-state index is 12.5. The van der Waals surface area contributed by atoms with Crippen LogP contribution in [0.15, 0.2) is 12.1 Å². The van der Waals surface area contributed by atoms with Gasteiger partial charge >= 0.3 is 5.97 Å². The van der Waals surface area contributed by atoms with Crippen LogP contribution in [0.2, 0.25) is 0 Å². The number of ketones is 1. The summed E-state index contributed by atoms with van der Waals surface area (Å²) >= 11 is 0. The second-order valence-corrected chi connectivity index (χ2v) is 8.98. The van der Waals surface area contributed by atoms with E-state index in [-0.39, 0.29) is 11.8 Å². The van der Waals surface area contributed by atoms with Crippen LogP contribution in [0.5, 0.6) is 0 Å². The van der Waals surface area contributed by atoms with Gasteiger partial charge in [0.25, 0.3) is 0 Å². The zero-order valence-electron chi connectivity index (χ0n) is 20.6. The number of hydrogen-bond acceptors (Lipinski definition) is 3. The average Bonchev–Trinajstić information content (AvgIpc) is 3.11. The maximum Gasteiger partial charge on any atom is 0.302 e. The van der Waals surface area contributed by atoms with Gasteiger partial charge < -0.3 is 9.30 Å². The molecule has 0 aliphatic carbocycles. The van der Waals surface area contributed by atoms with Gasteiger partial charge in [-0.15, -0.1) is 0 Å². The summed E-state index contributed by atoms with van der Waals surface area (Å²) in [5, 5.41) is 0. The molecule has 4 nitrogen and oxygen atoms in total. The summed E-state index contributed by atoms with van der Waals surface area (Å²) in [6, 6.07) is 3.86. The zero-order chi connectivity index (χ0) is 22.7. The Morgan fingerprint density at radius 1 is 0.774 bits per heavy atom. The van der Waals surface area contributed by atoms with Gasteiger partial charge in [-0.3, -0.25) is 9.59 Å². The molecule has 0 aliphatic rings. The molecular weight excluding hydrogens is 386 g/mol. The molecule has 0 unspecified atom stereocenters. The second-order valence-electron chi connectivity index (χ2n) is 8.98. The lowest BCUT2D eigenvalue weighted by Gasteiger charge is -2.08. The number of nitrogens with zero attached hydrogens (tertiary/aromatic N) is 1. The highest BCUT2D eigenvalue weighted by Gasteiger charge is 2.12. The molecule has 1 aromatic heterocycles. The minimum absolute atomic E-state index is 0.218. The molecule has 0 fully saturated rings. The monoisotopic (exact) mass is 433 g/mol. The first-order valence-corrected chi connectivity index (χ1v) is 12.9. The van der Waals surface area contributed by atoms with Gasteiger partial charge in [-0.25, -0.2) is 0 Å². The molecule has 1 heterocycles. The third-order valence-electron chi connectivity index (χ3n) is 6.18. The van der Waals surface area contributed by atoms with E-state index in [1.165, 1.54) is 90.4 Å². The van der Waals surface area contributed by atoms with Crippen molar-refractivity contribution >= 4 is 11.8 Å². The van der Waals surface area contributed by atoms with Crippen molar-refractivity contribution in [2.75, 3.05) is 6.61 Å². The second kappa shape index (κ2) is 18.0. The predicted octanol–water partition coefficient (Wildman–Crippen LogP) is 7.57. The molecule has 4 heteroatoms. The quantitative estimate of drug-likeness (QED) is 0.121. The zero-order valence-corrected chi connectivity index (χ0v) is 20.6. The summed E-state index contributed by atoms with van der Waals surface area (Å²) in [6.07, 6.45) is 21.3. The highest BCUT2D eigenvalue weighted by atomic mass is 16.5. The van der Waals surface area contributed by atoms with Crippen LogP contribution in [0.25, 0.3) is 0 Å². The number of aromatic nitrogens is 1. The van der Waals surface area contributed by atoms with E-state index in [0.717, 1.165) is 24.2 Å². The molecule has 0 amide bonds. The topological polar surface area (TPSA) is 48.3 Å². The summed E-state index contributed by atoms with van der Waals surface area (Å²) in [5.74, 6) is -0.0467. The van der Waals surface area contributed by atoms with E-state index < -0.39 is 0 Å². The first-order valence-electron chi connectivity index (χ1n) is 12.9. The lowest BCUT2D eigenvalue weighted by molar-refractivity contribution is -0.140. The van der Waals surface area contributed by atoms with Crippen LogP contribution in [-0.4, -0.2) is 22.9 Å². The van der Waals surface area contributed by atoms with Gasteiger partial charge in [0.1, 0.15) is 0 Å². The molecule has 31 heavy (non-hydrogen) atoms. The van der Waals surface area contributed by atoms with E-state index in [2.05, 4.69) is 6.92 Å². The van der Waals surface area contributed by atoms with Gasteiger partial charge in [-0.2, -0.15) is 0 Å². The molecule has 0 atom stereocenters. The molecule has 0 spiro atoms. The summed E-state index contributed by atoms with van der Waals surface area (Å²) in [7, 11) is 1.92. The van der Waals surface area contributed by atoms with E-state index in [9.17, 15) is 9.59 Å². The molecule has 0 bridgehead atoms. The average molecular weight is 434 g/mol. The first kappa shape index (κ1) is 27.5. The molecule has 0 saturated heterocycles. The fourth-order valence-electron chi connectivity index (χ4n) is 4.17. The van der Waals surface area contributed by atoms with Gasteiger partial charge in [0, 0.05) is 32.5 Å². The molecule has 0 N–H and O–H groups in total. The maximum absolute atomic E-state index is 12.5. The Balaban J connectivity index is 1.98. The molecule has 0 aromatic carbocycles. The van der Waals surface area contributed by atoms with Crippen LogP contribution in [0, 0.1) is 0 Å². The number of carbonyl (C=O) groups excluding carboxylic acids is 2. The molecule has 0 aliphatic heterocycles. The van der Waals surface area contributed by atoms with Crippen LogP contribution in [0.3, 0.4) is 0 Å². The van der Waals surface area contributed by atoms with Crippen molar-refractivity contribution in [1.29, 1.82) is 0 Å².